The molecule has 1 aromatic carbocycles. The van der Waals surface area contributed by atoms with Crippen LogP contribution in [0.2, 0.25) is 0 Å². The molecule has 0 radical (unpaired) electrons. The van der Waals surface area contributed by atoms with Crippen molar-refractivity contribution < 1.29 is 19.4 Å². The number of carbonyl (C=O) groups excluding carboxylic acids is 1. The molecule has 24 heavy (non-hydrogen) atoms. The molecule has 2 N–H and O–H groups in total. The number of aliphatic hydroxyl groups is 1. The Balaban J connectivity index is 1.57. The quantitative estimate of drug-likeness (QED) is 0.691. The van der Waals surface area contributed by atoms with Crippen molar-refractivity contribution in [2.45, 2.75) is 25.6 Å². The summed E-state index contributed by atoms with van der Waals surface area (Å²) in [7, 11) is 1.62. The average molecular weight is 349 g/mol. The van der Waals surface area contributed by atoms with Crippen LogP contribution in [0, 0.1) is 0 Å². The highest BCUT2D eigenvalue weighted by Gasteiger charge is 2.08. The van der Waals surface area contributed by atoms with Gasteiger partial charge in [-0.05, 0) is 46.5 Å². The molecule has 0 saturated carbocycles. The maximum Gasteiger partial charge on any atom is 0.220 e. The van der Waals surface area contributed by atoms with Crippen LogP contribution < -0.4 is 10.1 Å². The van der Waals surface area contributed by atoms with Gasteiger partial charge in [0, 0.05) is 13.0 Å². The summed E-state index contributed by atoms with van der Waals surface area (Å²) in [5, 5.41) is 16.6. The number of aliphatic hydroxyl groups excluding tert-OH is 1. The lowest BCUT2D eigenvalue weighted by Crippen LogP contribution is -2.34. The fraction of sp³-hybridized carbons (Fsp3) is 0.389. The van der Waals surface area contributed by atoms with E-state index in [9.17, 15) is 9.90 Å². The first-order valence-electron chi connectivity index (χ1n) is 7.84. The highest BCUT2D eigenvalue weighted by atomic mass is 32.1. The number of carbonyl (C=O) groups is 1. The SMILES string of the molecule is COc1ccc(COC[C@H](O)CNC(=O)CCc2ccsc2)cc1. The van der Waals surface area contributed by atoms with Crippen LogP contribution in [0.15, 0.2) is 41.1 Å². The van der Waals surface area contributed by atoms with Gasteiger partial charge in [0.15, 0.2) is 0 Å². The number of amides is 1. The fourth-order valence-corrected chi connectivity index (χ4v) is 2.81. The van der Waals surface area contributed by atoms with Gasteiger partial charge in [0.1, 0.15) is 5.75 Å². The van der Waals surface area contributed by atoms with Gasteiger partial charge in [-0.3, -0.25) is 4.79 Å². The zero-order valence-electron chi connectivity index (χ0n) is 13.7. The standard InChI is InChI=1S/C18H23NO4S/c1-22-17-5-2-14(3-6-17)11-23-12-16(20)10-19-18(21)7-4-15-8-9-24-13-15/h2-3,5-6,8-9,13,16,20H,4,7,10-12H2,1H3,(H,19,21)/t16-/m1/s1. The molecule has 0 bridgehead atoms. The Morgan fingerprint density at radius 2 is 2.04 bits per heavy atom. The number of aryl methyl sites for hydroxylation is 1. The van der Waals surface area contributed by atoms with E-state index in [1.165, 1.54) is 5.56 Å². The normalized spacial score (nSPS) is 11.9. The summed E-state index contributed by atoms with van der Waals surface area (Å²) in [6, 6.07) is 9.57. The second-order valence-corrected chi connectivity index (χ2v) is 6.23. The molecule has 130 valence electrons. The first-order chi connectivity index (χ1) is 11.7. The molecule has 0 aliphatic heterocycles. The number of thiophene rings is 1. The van der Waals surface area contributed by atoms with E-state index in [1.54, 1.807) is 18.4 Å². The molecule has 2 aromatic rings. The Labute approximate surface area is 146 Å². The van der Waals surface area contributed by atoms with Gasteiger partial charge in [-0.25, -0.2) is 0 Å². The van der Waals surface area contributed by atoms with Crippen molar-refractivity contribution in [1.82, 2.24) is 5.32 Å². The Kier molecular flexibility index (Phi) is 7.74. The summed E-state index contributed by atoms with van der Waals surface area (Å²) in [6.45, 7) is 0.787. The second-order valence-electron chi connectivity index (χ2n) is 5.45. The van der Waals surface area contributed by atoms with Crippen molar-refractivity contribution in [3.8, 4) is 5.75 Å². The minimum Gasteiger partial charge on any atom is -0.497 e. The number of hydrogen-bond donors (Lipinski definition) is 2. The molecular formula is C18H23NO4S. The largest absolute Gasteiger partial charge is 0.497 e. The topological polar surface area (TPSA) is 67.8 Å². The first kappa shape index (κ1) is 18.4. The van der Waals surface area contributed by atoms with Gasteiger partial charge < -0.3 is 19.9 Å². The Bertz CT molecular complexity index is 598. The van der Waals surface area contributed by atoms with Crippen LogP contribution in [0.1, 0.15) is 17.5 Å². The Morgan fingerprint density at radius 3 is 2.71 bits per heavy atom. The van der Waals surface area contributed by atoms with Gasteiger partial charge in [-0.15, -0.1) is 0 Å². The van der Waals surface area contributed by atoms with Crippen LogP contribution in [0.5, 0.6) is 5.75 Å². The third-order valence-electron chi connectivity index (χ3n) is 3.49. The van der Waals surface area contributed by atoms with E-state index in [0.29, 0.717) is 13.0 Å². The van der Waals surface area contributed by atoms with E-state index in [-0.39, 0.29) is 19.1 Å². The summed E-state index contributed by atoms with van der Waals surface area (Å²) in [6.07, 6.45) is 0.434. The van der Waals surface area contributed by atoms with Crippen LogP contribution in [-0.2, 0) is 22.6 Å². The predicted molar refractivity (Wildman–Crippen MR) is 94.3 cm³/mol. The van der Waals surface area contributed by atoms with Gasteiger partial charge in [0.25, 0.3) is 0 Å². The molecule has 0 spiro atoms. The Hall–Kier alpha value is -1.89. The van der Waals surface area contributed by atoms with Crippen LogP contribution in [0.3, 0.4) is 0 Å². The van der Waals surface area contributed by atoms with E-state index in [4.69, 9.17) is 9.47 Å². The third kappa shape index (κ3) is 6.70. The van der Waals surface area contributed by atoms with Crippen LogP contribution >= 0.6 is 11.3 Å². The minimum atomic E-state index is -0.714. The summed E-state index contributed by atoms with van der Waals surface area (Å²) in [5.41, 5.74) is 2.17. The third-order valence-corrected chi connectivity index (χ3v) is 4.23. The number of rotatable bonds is 10. The summed E-state index contributed by atoms with van der Waals surface area (Å²) in [5.74, 6) is 0.736. The number of hydrogen-bond acceptors (Lipinski definition) is 5. The zero-order chi connectivity index (χ0) is 17.2. The summed E-state index contributed by atoms with van der Waals surface area (Å²) in [4.78, 5) is 11.7. The van der Waals surface area contributed by atoms with Crippen LogP contribution in [-0.4, -0.2) is 37.4 Å². The predicted octanol–water partition coefficient (Wildman–Crippen LogP) is 2.38. The molecule has 0 aliphatic rings. The zero-order valence-corrected chi connectivity index (χ0v) is 14.6. The maximum atomic E-state index is 11.7. The molecule has 5 nitrogen and oxygen atoms in total. The van der Waals surface area contributed by atoms with Crippen LogP contribution in [0.4, 0.5) is 0 Å². The second kappa shape index (κ2) is 10.1. The minimum absolute atomic E-state index is 0.0598. The molecule has 0 aliphatic carbocycles. The van der Waals surface area contributed by atoms with E-state index >= 15 is 0 Å². The van der Waals surface area contributed by atoms with Gasteiger partial charge in [0.05, 0.1) is 26.4 Å². The van der Waals surface area contributed by atoms with Crippen LogP contribution in [0.25, 0.3) is 0 Å². The molecule has 0 saturated heterocycles. The van der Waals surface area contributed by atoms with Crippen molar-refractivity contribution in [3.05, 3.63) is 52.2 Å². The highest BCUT2D eigenvalue weighted by molar-refractivity contribution is 7.07. The monoisotopic (exact) mass is 349 g/mol. The highest BCUT2D eigenvalue weighted by Crippen LogP contribution is 2.12. The Morgan fingerprint density at radius 1 is 1.25 bits per heavy atom. The van der Waals surface area contributed by atoms with Crippen molar-refractivity contribution in [3.63, 3.8) is 0 Å². The molecule has 1 atom stereocenters. The molecule has 6 heteroatoms. The van der Waals surface area contributed by atoms with E-state index in [1.807, 2.05) is 41.1 Å². The molecule has 2 rings (SSSR count). The van der Waals surface area contributed by atoms with Gasteiger partial charge in [-0.1, -0.05) is 12.1 Å². The molecule has 1 heterocycles. The van der Waals surface area contributed by atoms with E-state index < -0.39 is 6.10 Å². The van der Waals surface area contributed by atoms with E-state index in [0.717, 1.165) is 17.7 Å². The number of ether oxygens (including phenoxy) is 2. The molecule has 1 aromatic heterocycles. The fourth-order valence-electron chi connectivity index (χ4n) is 2.11. The van der Waals surface area contributed by atoms with Crippen molar-refractivity contribution in [2.75, 3.05) is 20.3 Å². The lowest BCUT2D eigenvalue weighted by molar-refractivity contribution is -0.121. The van der Waals surface area contributed by atoms with Crippen molar-refractivity contribution >= 4 is 17.2 Å². The number of benzene rings is 1. The van der Waals surface area contributed by atoms with Crippen molar-refractivity contribution in [1.29, 1.82) is 0 Å². The molecule has 0 fully saturated rings. The van der Waals surface area contributed by atoms with Gasteiger partial charge >= 0.3 is 0 Å². The molecule has 1 amide bonds. The average Bonchev–Trinajstić information content (AvgIpc) is 3.12. The van der Waals surface area contributed by atoms with E-state index in [2.05, 4.69) is 5.32 Å². The first-order valence-corrected chi connectivity index (χ1v) is 8.78. The number of methoxy groups -OCH3 is 1. The lowest BCUT2D eigenvalue weighted by atomic mass is 10.2. The van der Waals surface area contributed by atoms with Crippen molar-refractivity contribution in [2.24, 2.45) is 0 Å². The summed E-state index contributed by atoms with van der Waals surface area (Å²) < 4.78 is 10.6. The summed E-state index contributed by atoms with van der Waals surface area (Å²) >= 11 is 1.62. The molecular weight excluding hydrogens is 326 g/mol. The smallest absolute Gasteiger partial charge is 0.220 e. The molecule has 0 unspecified atom stereocenters. The van der Waals surface area contributed by atoms with Gasteiger partial charge in [0.2, 0.25) is 5.91 Å². The lowest BCUT2D eigenvalue weighted by Gasteiger charge is -2.12. The number of nitrogens with one attached hydrogen (secondary N) is 1. The van der Waals surface area contributed by atoms with Gasteiger partial charge in [-0.2, -0.15) is 11.3 Å². The maximum absolute atomic E-state index is 11.7.